The zero-order valence-corrected chi connectivity index (χ0v) is 17.4. The number of rotatable bonds is 4. The molecule has 2 aliphatic heterocycles. The van der Waals surface area contributed by atoms with E-state index < -0.39 is 5.60 Å². The average Bonchev–Trinajstić information content (AvgIpc) is 3.07. The van der Waals surface area contributed by atoms with E-state index in [-0.39, 0.29) is 12.1 Å². The number of hydrogen-bond donors (Lipinski definition) is 2. The highest BCUT2D eigenvalue weighted by Gasteiger charge is 2.25. The van der Waals surface area contributed by atoms with Crippen molar-refractivity contribution >= 4 is 23.4 Å². The molecule has 3 rings (SSSR count). The molecule has 150 valence electrons. The lowest BCUT2D eigenvalue weighted by atomic mass is 9.99. The van der Waals surface area contributed by atoms with Crippen LogP contribution in [0.25, 0.3) is 0 Å². The average molecular weight is 394 g/mol. The molecule has 27 heavy (non-hydrogen) atoms. The van der Waals surface area contributed by atoms with E-state index in [4.69, 9.17) is 16.3 Å². The molecule has 1 amide bonds. The van der Waals surface area contributed by atoms with Gasteiger partial charge in [0.05, 0.1) is 0 Å². The molecule has 0 aliphatic carbocycles. The van der Waals surface area contributed by atoms with Gasteiger partial charge < -0.3 is 20.3 Å². The SMILES string of the molecule is CC(C)(C)OC(=O)NC1CCN(c2ccc(Cl)cc2CC2CCCN2)CC1. The summed E-state index contributed by atoms with van der Waals surface area (Å²) in [4.78, 5) is 14.4. The van der Waals surface area contributed by atoms with E-state index in [1.54, 1.807) is 0 Å². The van der Waals surface area contributed by atoms with E-state index in [2.05, 4.69) is 27.7 Å². The minimum atomic E-state index is -0.461. The maximum absolute atomic E-state index is 12.0. The summed E-state index contributed by atoms with van der Waals surface area (Å²) in [6.45, 7) is 8.62. The van der Waals surface area contributed by atoms with E-state index in [1.807, 2.05) is 26.8 Å². The van der Waals surface area contributed by atoms with Crippen molar-refractivity contribution in [2.24, 2.45) is 0 Å². The molecule has 1 unspecified atom stereocenters. The van der Waals surface area contributed by atoms with Crippen LogP contribution in [0.5, 0.6) is 0 Å². The topological polar surface area (TPSA) is 53.6 Å². The van der Waals surface area contributed by atoms with Crippen molar-refractivity contribution in [1.29, 1.82) is 0 Å². The normalized spacial score (nSPS) is 21.3. The van der Waals surface area contributed by atoms with E-state index >= 15 is 0 Å². The van der Waals surface area contributed by atoms with Crippen molar-refractivity contribution in [3.63, 3.8) is 0 Å². The summed E-state index contributed by atoms with van der Waals surface area (Å²) in [5, 5.41) is 7.39. The third-order valence-corrected chi connectivity index (χ3v) is 5.46. The summed E-state index contributed by atoms with van der Waals surface area (Å²) in [7, 11) is 0. The second-order valence-corrected chi connectivity index (χ2v) is 9.11. The number of ether oxygens (including phenoxy) is 1. The van der Waals surface area contributed by atoms with Gasteiger partial charge in [0.15, 0.2) is 0 Å². The summed E-state index contributed by atoms with van der Waals surface area (Å²) in [5.41, 5.74) is 2.14. The molecule has 6 heteroatoms. The second kappa shape index (κ2) is 8.70. The number of hydrogen-bond acceptors (Lipinski definition) is 4. The molecule has 0 radical (unpaired) electrons. The summed E-state index contributed by atoms with van der Waals surface area (Å²) in [5.74, 6) is 0. The first-order chi connectivity index (χ1) is 12.8. The first-order valence-corrected chi connectivity index (χ1v) is 10.4. The maximum atomic E-state index is 12.0. The molecule has 0 saturated carbocycles. The minimum absolute atomic E-state index is 0.170. The second-order valence-electron chi connectivity index (χ2n) is 8.68. The Morgan fingerprint density at radius 2 is 2.04 bits per heavy atom. The molecule has 5 nitrogen and oxygen atoms in total. The van der Waals surface area contributed by atoms with Gasteiger partial charge in [-0.15, -0.1) is 0 Å². The van der Waals surface area contributed by atoms with Crippen LogP contribution in [0.15, 0.2) is 18.2 Å². The highest BCUT2D eigenvalue weighted by Crippen LogP contribution is 2.29. The Morgan fingerprint density at radius 3 is 2.67 bits per heavy atom. The lowest BCUT2D eigenvalue weighted by Crippen LogP contribution is -2.46. The number of carbonyl (C=O) groups excluding carboxylic acids is 1. The molecule has 2 saturated heterocycles. The van der Waals surface area contributed by atoms with Gasteiger partial charge in [0.1, 0.15) is 5.60 Å². The van der Waals surface area contributed by atoms with E-state index in [9.17, 15) is 4.79 Å². The maximum Gasteiger partial charge on any atom is 0.407 e. The van der Waals surface area contributed by atoms with Crippen LogP contribution in [-0.2, 0) is 11.2 Å². The third kappa shape index (κ3) is 6.01. The van der Waals surface area contributed by atoms with Crippen LogP contribution in [0.1, 0.15) is 52.0 Å². The quantitative estimate of drug-likeness (QED) is 0.807. The summed E-state index contributed by atoms with van der Waals surface area (Å²) < 4.78 is 5.37. The number of nitrogens with zero attached hydrogens (tertiary/aromatic N) is 1. The number of amides is 1. The lowest BCUT2D eigenvalue weighted by molar-refractivity contribution is 0.0497. The summed E-state index contributed by atoms with van der Waals surface area (Å²) >= 11 is 6.27. The van der Waals surface area contributed by atoms with Gasteiger partial charge in [-0.05, 0) is 83.2 Å². The molecular formula is C21H32ClN3O2. The fourth-order valence-electron chi connectivity index (χ4n) is 3.96. The standard InChI is InChI=1S/C21H32ClN3O2/c1-21(2,3)27-20(26)24-17-8-11-25(12-9-17)19-7-6-16(22)13-15(19)14-18-5-4-10-23-18/h6-7,13,17-18,23H,4-5,8-12,14H2,1-3H3,(H,24,26). The zero-order chi connectivity index (χ0) is 19.4. The Balaban J connectivity index is 1.58. The van der Waals surface area contributed by atoms with Crippen molar-refractivity contribution in [3.8, 4) is 0 Å². The number of carbonyl (C=O) groups is 1. The first-order valence-electron chi connectivity index (χ1n) is 10.1. The number of anilines is 1. The molecule has 0 spiro atoms. The largest absolute Gasteiger partial charge is 0.444 e. The molecule has 1 aromatic carbocycles. The van der Waals surface area contributed by atoms with Gasteiger partial charge in [-0.1, -0.05) is 11.6 Å². The smallest absolute Gasteiger partial charge is 0.407 e. The minimum Gasteiger partial charge on any atom is -0.444 e. The lowest BCUT2D eigenvalue weighted by Gasteiger charge is -2.35. The van der Waals surface area contributed by atoms with Crippen LogP contribution in [0.4, 0.5) is 10.5 Å². The predicted octanol–water partition coefficient (Wildman–Crippen LogP) is 4.13. The monoisotopic (exact) mass is 393 g/mol. The van der Waals surface area contributed by atoms with Gasteiger partial charge in [0, 0.05) is 35.9 Å². The Morgan fingerprint density at radius 1 is 1.30 bits per heavy atom. The van der Waals surface area contributed by atoms with Crippen LogP contribution in [0.2, 0.25) is 5.02 Å². The Kier molecular flexibility index (Phi) is 6.53. The summed E-state index contributed by atoms with van der Waals surface area (Å²) in [6.07, 6.45) is 5.02. The third-order valence-electron chi connectivity index (χ3n) is 5.23. The fraction of sp³-hybridized carbons (Fsp3) is 0.667. The van der Waals surface area contributed by atoms with Gasteiger partial charge in [-0.3, -0.25) is 0 Å². The molecule has 2 aliphatic rings. The first kappa shape index (κ1) is 20.3. The fourth-order valence-corrected chi connectivity index (χ4v) is 4.16. The molecule has 0 bridgehead atoms. The number of piperidine rings is 1. The van der Waals surface area contributed by atoms with Crippen molar-refractivity contribution in [1.82, 2.24) is 10.6 Å². The van der Waals surface area contributed by atoms with Crippen LogP contribution < -0.4 is 15.5 Å². The van der Waals surface area contributed by atoms with E-state index in [0.717, 1.165) is 43.9 Å². The Bertz CT molecular complexity index is 645. The zero-order valence-electron chi connectivity index (χ0n) is 16.7. The van der Waals surface area contributed by atoms with Gasteiger partial charge in [0.2, 0.25) is 0 Å². The van der Waals surface area contributed by atoms with Crippen LogP contribution in [0, 0.1) is 0 Å². The van der Waals surface area contributed by atoms with Crippen molar-refractivity contribution in [2.75, 3.05) is 24.5 Å². The van der Waals surface area contributed by atoms with Gasteiger partial charge >= 0.3 is 6.09 Å². The summed E-state index contributed by atoms with van der Waals surface area (Å²) in [6, 6.07) is 6.96. The van der Waals surface area contributed by atoms with Gasteiger partial charge in [-0.25, -0.2) is 4.79 Å². The van der Waals surface area contributed by atoms with Crippen LogP contribution >= 0.6 is 11.6 Å². The Labute approximate surface area is 167 Å². The van der Waals surface area contributed by atoms with Gasteiger partial charge in [0.25, 0.3) is 0 Å². The molecular weight excluding hydrogens is 362 g/mol. The van der Waals surface area contributed by atoms with Crippen molar-refractivity contribution in [3.05, 3.63) is 28.8 Å². The van der Waals surface area contributed by atoms with E-state index in [0.29, 0.717) is 6.04 Å². The molecule has 0 aromatic heterocycles. The predicted molar refractivity (Wildman–Crippen MR) is 111 cm³/mol. The molecule has 2 fully saturated rings. The van der Waals surface area contributed by atoms with E-state index in [1.165, 1.54) is 24.1 Å². The van der Waals surface area contributed by atoms with Crippen LogP contribution in [0.3, 0.4) is 0 Å². The van der Waals surface area contributed by atoms with Crippen LogP contribution in [-0.4, -0.2) is 43.4 Å². The van der Waals surface area contributed by atoms with Crippen molar-refractivity contribution < 1.29 is 9.53 Å². The highest BCUT2D eigenvalue weighted by atomic mass is 35.5. The molecule has 1 aromatic rings. The molecule has 1 atom stereocenters. The molecule has 2 heterocycles. The molecule has 2 N–H and O–H groups in total. The number of nitrogens with one attached hydrogen (secondary N) is 2. The number of halogens is 1. The highest BCUT2D eigenvalue weighted by molar-refractivity contribution is 6.30. The Hall–Kier alpha value is -1.46. The number of benzene rings is 1. The number of alkyl carbamates (subject to hydrolysis) is 1. The van der Waals surface area contributed by atoms with Gasteiger partial charge in [-0.2, -0.15) is 0 Å². The van der Waals surface area contributed by atoms with Crippen molar-refractivity contribution in [2.45, 2.75) is 70.6 Å².